The molecule has 2 amide bonds. The summed E-state index contributed by atoms with van der Waals surface area (Å²) in [5.41, 5.74) is 5.85. The lowest BCUT2D eigenvalue weighted by atomic mass is 10.0. The van der Waals surface area contributed by atoms with Gasteiger partial charge >= 0.3 is 6.03 Å². The Morgan fingerprint density at radius 2 is 1.28 bits per heavy atom. The SMILES string of the molecule is NC(=O)N(Cc1cc(S(=O)(=O)O)ccc1O)Cc1cc(S(=O)(=O)O)cc(Cc2ccc(O)cc2)c1O. The number of rotatable bonds is 8. The molecule has 0 heterocycles. The molecule has 3 aromatic rings. The van der Waals surface area contributed by atoms with Crippen LogP contribution in [0.5, 0.6) is 17.2 Å². The highest BCUT2D eigenvalue weighted by molar-refractivity contribution is 7.86. The summed E-state index contributed by atoms with van der Waals surface area (Å²) in [5.74, 6) is -0.830. The van der Waals surface area contributed by atoms with Gasteiger partial charge in [0.15, 0.2) is 0 Å². The molecule has 192 valence electrons. The second-order valence-electron chi connectivity index (χ2n) is 7.87. The van der Waals surface area contributed by atoms with Crippen molar-refractivity contribution in [3.8, 4) is 17.2 Å². The van der Waals surface area contributed by atoms with E-state index in [2.05, 4.69) is 0 Å². The van der Waals surface area contributed by atoms with Crippen LogP contribution in [-0.4, -0.2) is 52.2 Å². The molecule has 0 aliphatic rings. The quantitative estimate of drug-likeness (QED) is 0.229. The Labute approximate surface area is 206 Å². The number of phenolic OH excluding ortho intramolecular Hbond substituents is 3. The van der Waals surface area contributed by atoms with Crippen molar-refractivity contribution in [2.24, 2.45) is 5.73 Å². The molecule has 0 bridgehead atoms. The van der Waals surface area contributed by atoms with Gasteiger partial charge < -0.3 is 26.0 Å². The molecule has 7 N–H and O–H groups in total. The minimum absolute atomic E-state index is 0.00373. The van der Waals surface area contributed by atoms with Crippen molar-refractivity contribution in [2.45, 2.75) is 29.3 Å². The Kier molecular flexibility index (Phi) is 7.45. The van der Waals surface area contributed by atoms with E-state index in [1.165, 1.54) is 24.3 Å². The maximum Gasteiger partial charge on any atom is 0.315 e. The first-order valence-corrected chi connectivity index (χ1v) is 13.0. The number of carbonyl (C=O) groups excluding carboxylic acids is 1. The van der Waals surface area contributed by atoms with Crippen molar-refractivity contribution in [2.75, 3.05) is 0 Å². The van der Waals surface area contributed by atoms with Gasteiger partial charge in [-0.25, -0.2) is 4.79 Å². The van der Waals surface area contributed by atoms with Crippen molar-refractivity contribution >= 4 is 26.3 Å². The van der Waals surface area contributed by atoms with Crippen LogP contribution in [0.3, 0.4) is 0 Å². The van der Waals surface area contributed by atoms with Gasteiger partial charge in [0.05, 0.1) is 22.9 Å². The van der Waals surface area contributed by atoms with Gasteiger partial charge in [0, 0.05) is 17.5 Å². The van der Waals surface area contributed by atoms with Crippen molar-refractivity contribution < 1.29 is 46.1 Å². The van der Waals surface area contributed by atoms with Crippen molar-refractivity contribution in [1.29, 1.82) is 0 Å². The number of nitrogens with two attached hydrogens (primary N) is 1. The molecule has 3 rings (SSSR count). The molecule has 0 radical (unpaired) electrons. The summed E-state index contributed by atoms with van der Waals surface area (Å²) in [7, 11) is -9.35. The molecule has 3 aromatic carbocycles. The average Bonchev–Trinajstić information content (AvgIpc) is 2.76. The molecule has 0 aliphatic heterocycles. The maximum absolute atomic E-state index is 12.1. The van der Waals surface area contributed by atoms with Crippen LogP contribution in [0.4, 0.5) is 4.79 Å². The fourth-order valence-corrected chi connectivity index (χ4v) is 4.55. The highest BCUT2D eigenvalue weighted by atomic mass is 32.2. The van der Waals surface area contributed by atoms with E-state index in [0.29, 0.717) is 5.56 Å². The molecule has 12 nitrogen and oxygen atoms in total. The summed E-state index contributed by atoms with van der Waals surface area (Å²) in [6.45, 7) is -0.976. The lowest BCUT2D eigenvalue weighted by Crippen LogP contribution is -2.34. The summed E-state index contributed by atoms with van der Waals surface area (Å²) >= 11 is 0. The predicted molar refractivity (Wildman–Crippen MR) is 126 cm³/mol. The molecule has 0 aliphatic carbocycles. The first-order chi connectivity index (χ1) is 16.6. The lowest BCUT2D eigenvalue weighted by molar-refractivity contribution is 0.201. The maximum atomic E-state index is 12.1. The Morgan fingerprint density at radius 1 is 0.750 bits per heavy atom. The highest BCUT2D eigenvalue weighted by Crippen LogP contribution is 2.31. The van der Waals surface area contributed by atoms with Gasteiger partial charge in [-0.3, -0.25) is 9.11 Å². The zero-order chi connectivity index (χ0) is 26.8. The molecule has 0 unspecified atom stereocenters. The smallest absolute Gasteiger partial charge is 0.315 e. The molecular weight excluding hydrogens is 516 g/mol. The van der Waals surface area contributed by atoms with Crippen LogP contribution in [0.25, 0.3) is 0 Å². The number of aromatic hydroxyl groups is 3. The van der Waals surface area contributed by atoms with Crippen LogP contribution < -0.4 is 5.73 Å². The van der Waals surface area contributed by atoms with E-state index in [0.717, 1.165) is 35.2 Å². The number of amides is 2. The third kappa shape index (κ3) is 6.42. The van der Waals surface area contributed by atoms with E-state index in [1.54, 1.807) is 0 Å². The molecule has 14 heteroatoms. The Hall–Kier alpha value is -3.85. The largest absolute Gasteiger partial charge is 0.508 e. The van der Waals surface area contributed by atoms with Gasteiger partial charge in [-0.1, -0.05) is 12.1 Å². The zero-order valence-corrected chi connectivity index (χ0v) is 20.1. The van der Waals surface area contributed by atoms with Crippen molar-refractivity contribution in [3.63, 3.8) is 0 Å². The fraction of sp³-hybridized carbons (Fsp3) is 0.136. The van der Waals surface area contributed by atoms with Gasteiger partial charge in [0.2, 0.25) is 0 Å². The summed E-state index contributed by atoms with van der Waals surface area (Å²) < 4.78 is 65.4. The number of hydrogen-bond acceptors (Lipinski definition) is 8. The van der Waals surface area contributed by atoms with Crippen LogP contribution in [0.15, 0.2) is 64.4 Å². The molecule has 36 heavy (non-hydrogen) atoms. The molecule has 0 spiro atoms. The number of primary amides is 1. The number of phenols is 3. The van der Waals surface area contributed by atoms with Gasteiger partial charge in [-0.05, 0) is 53.6 Å². The number of urea groups is 1. The molecule has 0 fully saturated rings. The molecule has 0 aromatic heterocycles. The number of hydrogen-bond donors (Lipinski definition) is 6. The van der Waals surface area contributed by atoms with E-state index < -0.39 is 60.6 Å². The van der Waals surface area contributed by atoms with E-state index in [4.69, 9.17) is 5.73 Å². The second kappa shape index (κ2) is 10.0. The third-order valence-corrected chi connectivity index (χ3v) is 6.93. The van der Waals surface area contributed by atoms with Crippen LogP contribution >= 0.6 is 0 Å². The van der Waals surface area contributed by atoms with Gasteiger partial charge in [-0.2, -0.15) is 16.8 Å². The monoisotopic (exact) mass is 538 g/mol. The number of benzene rings is 3. The zero-order valence-electron chi connectivity index (χ0n) is 18.4. The van der Waals surface area contributed by atoms with Crippen molar-refractivity contribution in [3.05, 3.63) is 76.9 Å². The van der Waals surface area contributed by atoms with Crippen LogP contribution in [0, 0.1) is 0 Å². The normalized spacial score (nSPS) is 11.8. The van der Waals surface area contributed by atoms with E-state index in [-0.39, 0.29) is 28.9 Å². The van der Waals surface area contributed by atoms with Gasteiger partial charge in [-0.15, -0.1) is 0 Å². The second-order valence-corrected chi connectivity index (χ2v) is 10.7. The predicted octanol–water partition coefficient (Wildman–Crippen LogP) is 1.97. The topological polar surface area (TPSA) is 216 Å². The van der Waals surface area contributed by atoms with Crippen LogP contribution in [0.1, 0.15) is 22.3 Å². The van der Waals surface area contributed by atoms with Crippen LogP contribution in [-0.2, 0) is 39.7 Å². The Balaban J connectivity index is 2.03. The number of nitrogens with zero attached hydrogens (tertiary/aromatic N) is 1. The summed E-state index contributed by atoms with van der Waals surface area (Å²) in [6.07, 6.45) is -0.00373. The molecule has 0 atom stereocenters. The van der Waals surface area contributed by atoms with Crippen molar-refractivity contribution in [1.82, 2.24) is 4.90 Å². The van der Waals surface area contributed by atoms with E-state index in [9.17, 15) is 46.1 Å². The minimum Gasteiger partial charge on any atom is -0.508 e. The average molecular weight is 539 g/mol. The first kappa shape index (κ1) is 26.7. The highest BCUT2D eigenvalue weighted by Gasteiger charge is 2.22. The number of carbonyl (C=O) groups is 1. The molecule has 0 saturated carbocycles. The van der Waals surface area contributed by atoms with E-state index >= 15 is 0 Å². The van der Waals surface area contributed by atoms with Gasteiger partial charge in [0.25, 0.3) is 20.2 Å². The van der Waals surface area contributed by atoms with E-state index in [1.807, 2.05) is 0 Å². The summed E-state index contributed by atoms with van der Waals surface area (Å²) in [6, 6.07) is 9.64. The summed E-state index contributed by atoms with van der Waals surface area (Å²) in [5, 5.41) is 30.4. The van der Waals surface area contributed by atoms with Crippen LogP contribution in [0.2, 0.25) is 0 Å². The first-order valence-electron chi connectivity index (χ1n) is 10.1. The third-order valence-electron chi connectivity index (χ3n) is 5.25. The summed E-state index contributed by atoms with van der Waals surface area (Å²) in [4.78, 5) is 11.9. The fourth-order valence-electron chi connectivity index (χ4n) is 3.44. The Bertz CT molecular complexity index is 1520. The molecular formula is C22H22N2O10S2. The lowest BCUT2D eigenvalue weighted by Gasteiger charge is -2.23. The minimum atomic E-state index is -4.73. The molecule has 0 saturated heterocycles. The Morgan fingerprint density at radius 3 is 1.83 bits per heavy atom. The standard InChI is InChI=1S/C22H22N2O10S2/c23-22(28)24(11-15-9-18(35(29,30)31)5-6-20(15)26)12-16-10-19(36(32,33)34)8-14(21(16)27)7-13-1-3-17(25)4-2-13/h1-6,8-10,25-27H,7,11-12H2,(H2,23,28)(H,29,30,31)(H,32,33,34). The van der Waals surface area contributed by atoms with Gasteiger partial charge in [0.1, 0.15) is 17.2 Å².